The lowest BCUT2D eigenvalue weighted by Crippen LogP contribution is -2.26. The summed E-state index contributed by atoms with van der Waals surface area (Å²) in [6.07, 6.45) is 7.27. The average Bonchev–Trinajstić information content (AvgIpc) is 3.04. The summed E-state index contributed by atoms with van der Waals surface area (Å²) >= 11 is 0. The first-order chi connectivity index (χ1) is 11.6. The molecule has 0 amide bonds. The van der Waals surface area contributed by atoms with Crippen LogP contribution in [0.15, 0.2) is 24.4 Å². The second kappa shape index (κ2) is 7.95. The maximum atomic E-state index is 5.84. The molecule has 1 atom stereocenters. The van der Waals surface area contributed by atoms with E-state index in [1.165, 1.54) is 41.5 Å². The summed E-state index contributed by atoms with van der Waals surface area (Å²) in [6, 6.07) is 6.59. The van der Waals surface area contributed by atoms with Gasteiger partial charge in [0, 0.05) is 30.8 Å². The van der Waals surface area contributed by atoms with Gasteiger partial charge in [0.05, 0.1) is 18.0 Å². The second-order valence-electron chi connectivity index (χ2n) is 7.08. The predicted octanol–water partition coefficient (Wildman–Crippen LogP) is 4.08. The van der Waals surface area contributed by atoms with E-state index in [-0.39, 0.29) is 0 Å². The van der Waals surface area contributed by atoms with Gasteiger partial charge in [-0.2, -0.15) is 5.10 Å². The van der Waals surface area contributed by atoms with Crippen molar-refractivity contribution in [2.24, 2.45) is 0 Å². The Bertz CT molecular complexity index is 659. The van der Waals surface area contributed by atoms with E-state index in [1.807, 2.05) is 6.20 Å². The fourth-order valence-corrected chi connectivity index (χ4v) is 3.35. The molecule has 2 heterocycles. The summed E-state index contributed by atoms with van der Waals surface area (Å²) in [4.78, 5) is 2.37. The van der Waals surface area contributed by atoms with E-state index in [0.29, 0.717) is 6.10 Å². The minimum absolute atomic E-state index is 0.449. The molecule has 0 radical (unpaired) electrons. The molecule has 1 unspecified atom stereocenters. The first-order valence-corrected chi connectivity index (χ1v) is 9.03. The number of aryl methyl sites for hydroxylation is 2. The molecule has 0 aliphatic carbocycles. The lowest BCUT2D eigenvalue weighted by Gasteiger charge is -2.25. The molecule has 0 bridgehead atoms. The normalized spacial score (nSPS) is 18.2. The van der Waals surface area contributed by atoms with Crippen molar-refractivity contribution in [2.45, 2.75) is 52.2 Å². The molecule has 2 aromatic rings. The number of hydrogen-bond acceptors (Lipinski definition) is 3. The smallest absolute Gasteiger partial charge is 0.0695 e. The van der Waals surface area contributed by atoms with Crippen LogP contribution in [0.3, 0.4) is 0 Å². The minimum atomic E-state index is 0.449. The Labute approximate surface area is 145 Å². The Kier molecular flexibility index (Phi) is 5.69. The molecule has 3 rings (SSSR count). The molecule has 130 valence electrons. The number of rotatable bonds is 6. The average molecular weight is 327 g/mol. The Hall–Kier alpha value is -1.65. The van der Waals surface area contributed by atoms with Crippen molar-refractivity contribution in [3.63, 3.8) is 0 Å². The topological polar surface area (TPSA) is 41.2 Å². The summed E-state index contributed by atoms with van der Waals surface area (Å²) in [6.45, 7) is 7.21. The van der Waals surface area contributed by atoms with Gasteiger partial charge in [-0.25, -0.2) is 0 Å². The van der Waals surface area contributed by atoms with Crippen LogP contribution >= 0.6 is 0 Å². The van der Waals surface area contributed by atoms with E-state index < -0.39 is 0 Å². The molecule has 1 fully saturated rings. The number of aromatic nitrogens is 2. The fraction of sp³-hybridized carbons (Fsp3) is 0.550. The molecule has 1 saturated heterocycles. The number of hydrogen-bond donors (Lipinski definition) is 1. The van der Waals surface area contributed by atoms with Gasteiger partial charge in [0.2, 0.25) is 0 Å². The zero-order chi connectivity index (χ0) is 16.9. The van der Waals surface area contributed by atoms with Crippen LogP contribution in [-0.4, -0.2) is 41.4 Å². The van der Waals surface area contributed by atoms with E-state index >= 15 is 0 Å². The van der Waals surface area contributed by atoms with Crippen molar-refractivity contribution in [3.05, 3.63) is 41.1 Å². The summed E-state index contributed by atoms with van der Waals surface area (Å²) in [5.41, 5.74) is 6.25. The van der Waals surface area contributed by atoms with Crippen LogP contribution in [0.2, 0.25) is 0 Å². The Morgan fingerprint density at radius 1 is 1.25 bits per heavy atom. The third kappa shape index (κ3) is 4.25. The summed E-state index contributed by atoms with van der Waals surface area (Å²) in [5.74, 6) is 0. The van der Waals surface area contributed by atoms with Crippen LogP contribution in [0.5, 0.6) is 0 Å². The monoisotopic (exact) mass is 327 g/mol. The standard InChI is InChI=1S/C20H29N3O/c1-15-7-8-17(12-16(15)2)20-18(13-21-22-20)14-23(3)10-9-19-6-4-5-11-24-19/h7-8,12-13,19H,4-6,9-11,14H2,1-3H3,(H,21,22). The van der Waals surface area contributed by atoms with Crippen molar-refractivity contribution in [2.75, 3.05) is 20.2 Å². The Morgan fingerprint density at radius 3 is 2.88 bits per heavy atom. The first kappa shape index (κ1) is 17.2. The molecular formula is C20H29N3O. The van der Waals surface area contributed by atoms with Crippen LogP contribution in [0.25, 0.3) is 11.3 Å². The maximum Gasteiger partial charge on any atom is 0.0695 e. The van der Waals surface area contributed by atoms with E-state index in [1.54, 1.807) is 0 Å². The largest absolute Gasteiger partial charge is 0.378 e. The molecule has 0 saturated carbocycles. The fourth-order valence-electron chi connectivity index (χ4n) is 3.35. The van der Waals surface area contributed by atoms with Gasteiger partial charge in [0.15, 0.2) is 0 Å². The van der Waals surface area contributed by atoms with Crippen molar-refractivity contribution < 1.29 is 4.74 Å². The molecule has 0 spiro atoms. The van der Waals surface area contributed by atoms with Crippen LogP contribution < -0.4 is 0 Å². The molecule has 4 heteroatoms. The molecule has 1 N–H and O–H groups in total. The summed E-state index contributed by atoms with van der Waals surface area (Å²) < 4.78 is 5.84. The molecular weight excluding hydrogens is 298 g/mol. The first-order valence-electron chi connectivity index (χ1n) is 9.03. The van der Waals surface area contributed by atoms with Crippen molar-refractivity contribution >= 4 is 0 Å². The molecule has 1 aliphatic rings. The third-order valence-corrected chi connectivity index (χ3v) is 5.06. The van der Waals surface area contributed by atoms with Gasteiger partial charge in [-0.15, -0.1) is 0 Å². The molecule has 24 heavy (non-hydrogen) atoms. The molecule has 4 nitrogen and oxygen atoms in total. The van der Waals surface area contributed by atoms with Gasteiger partial charge >= 0.3 is 0 Å². The summed E-state index contributed by atoms with van der Waals surface area (Å²) in [7, 11) is 2.18. The maximum absolute atomic E-state index is 5.84. The minimum Gasteiger partial charge on any atom is -0.378 e. The Morgan fingerprint density at radius 2 is 2.12 bits per heavy atom. The van der Waals surface area contributed by atoms with E-state index in [4.69, 9.17) is 4.74 Å². The van der Waals surface area contributed by atoms with Crippen LogP contribution in [0, 0.1) is 13.8 Å². The quantitative estimate of drug-likeness (QED) is 0.869. The van der Waals surface area contributed by atoms with Crippen molar-refractivity contribution in [1.82, 2.24) is 15.1 Å². The lowest BCUT2D eigenvalue weighted by atomic mass is 10.0. The molecule has 1 aliphatic heterocycles. The van der Waals surface area contributed by atoms with Crippen LogP contribution in [0.1, 0.15) is 42.4 Å². The van der Waals surface area contributed by atoms with Gasteiger partial charge in [-0.3, -0.25) is 5.10 Å². The van der Waals surface area contributed by atoms with Gasteiger partial charge in [-0.1, -0.05) is 12.1 Å². The SMILES string of the molecule is Cc1ccc(-c2[nH]ncc2CN(C)CCC2CCCCO2)cc1C. The van der Waals surface area contributed by atoms with Gasteiger partial charge < -0.3 is 9.64 Å². The number of H-pyrrole nitrogens is 1. The number of ether oxygens (including phenoxy) is 1. The number of nitrogens with zero attached hydrogens (tertiary/aromatic N) is 2. The number of aromatic amines is 1. The van der Waals surface area contributed by atoms with Gasteiger partial charge in [-0.05, 0) is 63.8 Å². The zero-order valence-corrected chi connectivity index (χ0v) is 15.1. The lowest BCUT2D eigenvalue weighted by molar-refractivity contribution is 0.00641. The zero-order valence-electron chi connectivity index (χ0n) is 15.1. The van der Waals surface area contributed by atoms with Gasteiger partial charge in [0.1, 0.15) is 0 Å². The van der Waals surface area contributed by atoms with Gasteiger partial charge in [0.25, 0.3) is 0 Å². The highest BCUT2D eigenvalue weighted by Crippen LogP contribution is 2.24. The molecule has 1 aromatic heterocycles. The second-order valence-corrected chi connectivity index (χ2v) is 7.08. The van der Waals surface area contributed by atoms with E-state index in [2.05, 4.69) is 54.2 Å². The highest BCUT2D eigenvalue weighted by Gasteiger charge is 2.15. The summed E-state index contributed by atoms with van der Waals surface area (Å²) in [5, 5.41) is 7.46. The van der Waals surface area contributed by atoms with E-state index in [9.17, 15) is 0 Å². The van der Waals surface area contributed by atoms with E-state index in [0.717, 1.165) is 31.8 Å². The predicted molar refractivity (Wildman–Crippen MR) is 98.0 cm³/mol. The number of nitrogens with one attached hydrogen (secondary N) is 1. The molecule has 1 aromatic carbocycles. The van der Waals surface area contributed by atoms with Crippen LogP contribution in [-0.2, 0) is 11.3 Å². The Balaban J connectivity index is 1.61. The van der Waals surface area contributed by atoms with Crippen LogP contribution in [0.4, 0.5) is 0 Å². The number of benzene rings is 1. The highest BCUT2D eigenvalue weighted by molar-refractivity contribution is 5.64. The highest BCUT2D eigenvalue weighted by atomic mass is 16.5. The van der Waals surface area contributed by atoms with Crippen molar-refractivity contribution in [1.29, 1.82) is 0 Å². The van der Waals surface area contributed by atoms with Crippen molar-refractivity contribution in [3.8, 4) is 11.3 Å². The third-order valence-electron chi connectivity index (χ3n) is 5.06.